The van der Waals surface area contributed by atoms with Crippen LogP contribution in [0.1, 0.15) is 0 Å². The molecular weight excluding hydrogens is 87.5 g/mol. The van der Waals surface area contributed by atoms with Gasteiger partial charge in [-0.25, -0.2) is 0 Å². The summed E-state index contributed by atoms with van der Waals surface area (Å²) in [6, 6.07) is 0. The molecule has 0 bridgehead atoms. The van der Waals surface area contributed by atoms with Crippen molar-refractivity contribution < 1.29 is 8.96 Å². The number of hydrogen-bond acceptors (Lipinski definition) is 1. The van der Waals surface area contributed by atoms with Gasteiger partial charge in [-0.15, -0.1) is 0 Å². The first-order valence-corrected chi connectivity index (χ1v) is 0.845. The van der Waals surface area contributed by atoms with E-state index in [1.54, 1.807) is 0 Å². The van der Waals surface area contributed by atoms with E-state index in [4.69, 9.17) is 0 Å². The van der Waals surface area contributed by atoms with Gasteiger partial charge in [-0.1, -0.05) is 8.96 Å². The van der Waals surface area contributed by atoms with Gasteiger partial charge in [0.15, 0.2) is 0 Å². The van der Waals surface area contributed by atoms with Crippen LogP contribution < -0.4 is 0 Å². The average molecular weight is 87.5 g/mol. The molecule has 0 aromatic heterocycles. The molecule has 0 saturated heterocycles. The second-order valence-electron chi connectivity index (χ2n) is 0.192. The van der Waals surface area contributed by atoms with Crippen LogP contribution in [0, 0.1) is 0 Å². The van der Waals surface area contributed by atoms with Crippen LogP contribution in [-0.2, 0) is 0 Å². The maximum atomic E-state index is 9.93. The van der Waals surface area contributed by atoms with Crippen LogP contribution in [-0.4, -0.2) is 4.86 Å². The third-order valence-corrected chi connectivity index (χ3v) is 0. The molecule has 0 spiro atoms. The summed E-state index contributed by atoms with van der Waals surface area (Å²) in [4.78, 5) is -1.53. The molecule has 0 aliphatic rings. The van der Waals surface area contributed by atoms with E-state index >= 15 is 0 Å². The third-order valence-electron chi connectivity index (χ3n) is 0. The van der Waals surface area contributed by atoms with Crippen LogP contribution in [0.15, 0.2) is 0 Å². The van der Waals surface area contributed by atoms with Crippen LogP contribution in [0.5, 0.6) is 0 Å². The highest BCUT2D eigenvalue weighted by molar-refractivity contribution is 6.11. The Labute approximate surface area is 26.8 Å². The Kier molecular flexibility index (Phi) is 1.47. The van der Waals surface area contributed by atoms with E-state index in [9.17, 15) is 8.96 Å². The Balaban J connectivity index is 2.32. The monoisotopic (exact) mass is 87.0 g/mol. The second kappa shape index (κ2) is 1.43. The Morgan fingerprint density at radius 2 is 1.50 bits per heavy atom. The Morgan fingerprint density at radius 1 is 1.50 bits per heavy atom. The van der Waals surface area contributed by atoms with Gasteiger partial charge in [0, 0.05) is 11.8 Å². The predicted molar refractivity (Wildman–Crippen MR) is 9.91 cm³/mol. The lowest BCUT2D eigenvalue weighted by molar-refractivity contribution is -0.0522. The zero-order valence-electron chi connectivity index (χ0n) is 1.58. The zero-order valence-corrected chi connectivity index (χ0v) is 2.34. The van der Waals surface area contributed by atoms with E-state index in [0.717, 1.165) is 0 Å². The number of halogens is 3. The molecule has 0 saturated carbocycles. The molecule has 1 nitrogen and oxygen atoms in total. The van der Waals surface area contributed by atoms with Crippen molar-refractivity contribution in [2.45, 2.75) is 0 Å². The summed E-state index contributed by atoms with van der Waals surface area (Å²) < 4.78 is 19.9. The molecule has 0 aromatic rings. The van der Waals surface area contributed by atoms with Crippen LogP contribution in [0.3, 0.4) is 0 Å². The number of nitrogens with zero attached hydrogens (tertiary/aromatic N) is 1. The van der Waals surface area contributed by atoms with E-state index in [0.29, 0.717) is 0 Å². The highest BCUT2D eigenvalue weighted by Gasteiger charge is 1.78. The molecule has 0 atom stereocenters. The quantitative estimate of drug-likeness (QED) is 0.402. The van der Waals surface area contributed by atoms with Crippen molar-refractivity contribution in [3.05, 3.63) is 0 Å². The van der Waals surface area contributed by atoms with Gasteiger partial charge >= 0.3 is 0 Å². The van der Waals surface area contributed by atoms with Crippen molar-refractivity contribution >= 4 is 11.8 Å². The first-order valence-electron chi connectivity index (χ1n) is 0.507. The molecule has 0 fully saturated rings. The SMILES string of the molecule is FN(F)Cl. The highest BCUT2D eigenvalue weighted by atomic mass is 35.5. The molecule has 0 amide bonds. The van der Waals surface area contributed by atoms with Gasteiger partial charge in [-0.05, 0) is 0 Å². The van der Waals surface area contributed by atoms with Crippen molar-refractivity contribution in [3.63, 3.8) is 0 Å². The smallest absolute Gasteiger partial charge is 0.0833 e. The molecule has 0 heterocycles. The fourth-order valence-corrected chi connectivity index (χ4v) is 0. The second-order valence-corrected chi connectivity index (χ2v) is 0.447. The number of hydrogen-bond donors (Lipinski definition) is 0. The van der Waals surface area contributed by atoms with E-state index in [1.165, 1.54) is 0 Å². The zero-order chi connectivity index (χ0) is 3.58. The molecule has 0 unspecified atom stereocenters. The number of rotatable bonds is 0. The predicted octanol–water partition coefficient (Wildman–Crippen LogP) is 1.21. The largest absolute Gasteiger partial charge is 0.118 e. The van der Waals surface area contributed by atoms with Crippen molar-refractivity contribution in [1.29, 1.82) is 0 Å². The molecule has 0 aliphatic heterocycles. The first-order chi connectivity index (χ1) is 1.73. The van der Waals surface area contributed by atoms with E-state index in [1.807, 2.05) is 0 Å². The summed E-state index contributed by atoms with van der Waals surface area (Å²) in [5.41, 5.74) is 0. The standard InChI is InChI=1S/ClF2N/c1-4(2)3. The van der Waals surface area contributed by atoms with Gasteiger partial charge in [-0.2, -0.15) is 0 Å². The van der Waals surface area contributed by atoms with Gasteiger partial charge in [0.25, 0.3) is 0 Å². The maximum Gasteiger partial charge on any atom is 0.118 e. The fraction of sp³-hybridized carbons (Fsp3) is 0. The molecule has 0 radical (unpaired) electrons. The van der Waals surface area contributed by atoms with Crippen molar-refractivity contribution in [3.8, 4) is 0 Å². The van der Waals surface area contributed by atoms with Crippen molar-refractivity contribution in [2.24, 2.45) is 0 Å². The van der Waals surface area contributed by atoms with Crippen LogP contribution >= 0.6 is 11.8 Å². The van der Waals surface area contributed by atoms with E-state index in [2.05, 4.69) is 11.8 Å². The highest BCUT2D eigenvalue weighted by Crippen LogP contribution is 1.89. The summed E-state index contributed by atoms with van der Waals surface area (Å²) in [7, 11) is 0. The van der Waals surface area contributed by atoms with Crippen LogP contribution in [0.2, 0.25) is 0 Å². The Bertz CT molecular complexity index is 10.8. The normalized spacial score (nSPS) is 9.00. The molecule has 0 rings (SSSR count). The fourth-order valence-electron chi connectivity index (χ4n) is 0. The molecule has 4 heavy (non-hydrogen) atoms. The van der Waals surface area contributed by atoms with Crippen LogP contribution in [0.4, 0.5) is 8.96 Å². The van der Waals surface area contributed by atoms with Gasteiger partial charge in [0.05, 0.1) is 0 Å². The molecule has 0 aromatic carbocycles. The lowest BCUT2D eigenvalue weighted by Gasteiger charge is -1.69. The van der Waals surface area contributed by atoms with Crippen molar-refractivity contribution in [2.75, 3.05) is 0 Å². The molecular formula is ClF2N. The lowest BCUT2D eigenvalue weighted by atomic mass is 13.6. The van der Waals surface area contributed by atoms with E-state index in [-0.39, 0.29) is 0 Å². The molecule has 26 valence electrons. The Morgan fingerprint density at radius 3 is 1.50 bits per heavy atom. The van der Waals surface area contributed by atoms with Crippen LogP contribution in [0.25, 0.3) is 0 Å². The minimum Gasteiger partial charge on any atom is -0.0833 e. The molecule has 0 aliphatic carbocycles. The first kappa shape index (κ1) is 4.11. The Hall–Kier alpha value is 0.110. The topological polar surface area (TPSA) is 3.24 Å². The lowest BCUT2D eigenvalue weighted by Crippen LogP contribution is -1.69. The van der Waals surface area contributed by atoms with E-state index < -0.39 is 4.86 Å². The third kappa shape index (κ3) is 215. The average Bonchev–Trinajstić information content (AvgIpc) is 0.811. The maximum absolute atomic E-state index is 9.93. The molecule has 4 heteroatoms. The minimum absolute atomic E-state index is 1.53. The summed E-state index contributed by atoms with van der Waals surface area (Å²) in [5.74, 6) is 0. The minimum atomic E-state index is -1.53. The van der Waals surface area contributed by atoms with Gasteiger partial charge in [-0.3, -0.25) is 0 Å². The summed E-state index contributed by atoms with van der Waals surface area (Å²) in [6.07, 6.45) is 0. The van der Waals surface area contributed by atoms with Gasteiger partial charge < -0.3 is 0 Å². The van der Waals surface area contributed by atoms with Gasteiger partial charge in [0.1, 0.15) is 4.86 Å². The summed E-state index contributed by atoms with van der Waals surface area (Å²) in [6.45, 7) is 0. The summed E-state index contributed by atoms with van der Waals surface area (Å²) in [5, 5.41) is 0. The molecule has 0 N–H and O–H groups in total. The van der Waals surface area contributed by atoms with Gasteiger partial charge in [0.2, 0.25) is 0 Å². The van der Waals surface area contributed by atoms with Crippen molar-refractivity contribution in [1.82, 2.24) is 4.86 Å². The summed E-state index contributed by atoms with van der Waals surface area (Å²) >= 11 is 3.77.